The van der Waals surface area contributed by atoms with E-state index in [1.807, 2.05) is 18.2 Å². The number of rotatable bonds is 42. The first-order chi connectivity index (χ1) is 44.8. The highest BCUT2D eigenvalue weighted by atomic mass is 32.2. The molecule has 0 aliphatic rings. The molecule has 1 heterocycles. The summed E-state index contributed by atoms with van der Waals surface area (Å²) in [6.45, 7) is 8.88. The summed E-state index contributed by atoms with van der Waals surface area (Å²) in [4.78, 5) is 148. The van der Waals surface area contributed by atoms with E-state index in [1.54, 1.807) is 88.7 Å². The van der Waals surface area contributed by atoms with Gasteiger partial charge in [0.05, 0.1) is 6.04 Å². The number of aromatic nitrogens is 1. The van der Waals surface area contributed by atoms with Crippen LogP contribution in [0.4, 0.5) is 0 Å². The molecule has 28 nitrogen and oxygen atoms in total. The summed E-state index contributed by atoms with van der Waals surface area (Å²) in [6, 6.07) is 9.14. The molecule has 0 radical (unpaired) electrons. The lowest BCUT2D eigenvalue weighted by Crippen LogP contribution is -2.62. The Hall–Kier alpha value is -8.80. The van der Waals surface area contributed by atoms with Gasteiger partial charge in [-0.05, 0) is 130 Å². The average Bonchev–Trinajstić information content (AvgIpc) is 1.59. The number of nitrogens with two attached hydrogens (primary N) is 5. The van der Waals surface area contributed by atoms with Crippen molar-refractivity contribution in [3.63, 3.8) is 0 Å². The van der Waals surface area contributed by atoms with E-state index < -0.39 is 131 Å². The minimum Gasteiger partial charge on any atom is -0.508 e. The van der Waals surface area contributed by atoms with E-state index in [4.69, 9.17) is 28.7 Å². The number of phenols is 1. The first-order valence-corrected chi connectivity index (χ1v) is 33.2. The summed E-state index contributed by atoms with van der Waals surface area (Å²) < 4.78 is 0. The molecule has 0 saturated carbocycles. The van der Waals surface area contributed by atoms with Crippen molar-refractivity contribution >= 4 is 87.8 Å². The Morgan fingerprint density at radius 2 is 0.957 bits per heavy atom. The van der Waals surface area contributed by atoms with Crippen LogP contribution in [-0.4, -0.2) is 172 Å². The molecule has 4 rings (SSSR count). The number of benzene rings is 3. The van der Waals surface area contributed by atoms with Crippen LogP contribution in [-0.2, 0) is 67.2 Å². The highest BCUT2D eigenvalue weighted by Crippen LogP contribution is 2.21. The van der Waals surface area contributed by atoms with E-state index in [-0.39, 0.29) is 63.2 Å². The number of carbonyl (C=O) groups excluding carboxylic acids is 9. The third-order valence-corrected chi connectivity index (χ3v) is 16.2. The average molecular weight is 1330 g/mol. The Morgan fingerprint density at radius 3 is 1.52 bits per heavy atom. The number of hydrogen-bond donors (Lipinski definition) is 17. The maximum Gasteiger partial charge on any atom is 0.326 e. The van der Waals surface area contributed by atoms with Crippen molar-refractivity contribution in [2.45, 2.75) is 172 Å². The van der Waals surface area contributed by atoms with Crippen molar-refractivity contribution in [3.8, 4) is 5.75 Å². The van der Waals surface area contributed by atoms with Crippen LogP contribution in [0, 0.1) is 11.8 Å². The van der Waals surface area contributed by atoms with Gasteiger partial charge in [0.25, 0.3) is 0 Å². The molecule has 0 fully saturated rings. The maximum absolute atomic E-state index is 14.8. The molecular formula is C65H98N16O12S. The van der Waals surface area contributed by atoms with Gasteiger partial charge >= 0.3 is 5.97 Å². The van der Waals surface area contributed by atoms with Gasteiger partial charge in [-0.15, -0.1) is 0 Å². The summed E-state index contributed by atoms with van der Waals surface area (Å²) >= 11 is 1.38. The monoisotopic (exact) mass is 1330 g/mol. The number of aliphatic carboxylic acids is 1. The van der Waals surface area contributed by atoms with Crippen molar-refractivity contribution < 1.29 is 58.2 Å². The molecule has 10 atom stereocenters. The second kappa shape index (κ2) is 40.3. The number of phenolic OH excluding ortho intramolecular Hbond substituents is 1. The molecule has 9 amide bonds. The second-order valence-electron chi connectivity index (χ2n) is 23.9. The summed E-state index contributed by atoms with van der Waals surface area (Å²) in [6.07, 6.45) is 6.07. The van der Waals surface area contributed by atoms with Gasteiger partial charge in [-0.3, -0.25) is 48.1 Å². The molecule has 0 aliphatic heterocycles. The highest BCUT2D eigenvalue weighted by molar-refractivity contribution is 7.98. The van der Waals surface area contributed by atoms with E-state index in [0.717, 1.165) is 10.9 Å². The lowest BCUT2D eigenvalue weighted by atomic mass is 9.98. The standard InChI is InChI=1S/C65H98N16O12S/c1-37(2)53(62(90)75-48(28-32-94-6)58(86)79-52(35-42-36-72-46-21-11-10-19-44(42)46)59(87)73-39(5)55(83)76-49(64(92)93)22-13-15-30-67)81-63(91)54(38(3)4)80-61(89)51(34-41-24-26-43(82)27-25-41)78-60(88)50(33-40-17-8-7-9-18-40)77-57(85)47(23-16-31-71-65(69)70)74-56(84)45(68)20-12-14-29-66/h7-11,17-19,21,24-27,36-39,45,47-54,72,82H,12-16,20,22-23,28-35,66-68H2,1-6H3,(H,73,87)(H,74,84)(H,75,90)(H,76,83)(H,77,85)(H,78,88)(H,79,86)(H,80,89)(H,81,91)(H,92,93)(H4,69,70,71)/t39-,45+,47-,48-,49+,50-,51-,52-,53-,54-/m0/s1. The fourth-order valence-electron chi connectivity index (χ4n) is 10.1. The van der Waals surface area contributed by atoms with E-state index in [2.05, 4.69) is 57.8 Å². The molecule has 0 unspecified atom stereocenters. The first kappa shape index (κ1) is 77.6. The van der Waals surface area contributed by atoms with Crippen LogP contribution in [0.2, 0.25) is 0 Å². The van der Waals surface area contributed by atoms with Crippen LogP contribution in [0.15, 0.2) is 90.1 Å². The third kappa shape index (κ3) is 26.3. The van der Waals surface area contributed by atoms with Crippen molar-refractivity contribution in [2.75, 3.05) is 31.6 Å². The number of hydrogen-bond acceptors (Lipinski definition) is 16. The SMILES string of the molecule is CSCC[C@H](NC(=O)[C@@H](NC(=O)[C@@H](NC(=O)[C@H](Cc1ccc(O)cc1)NC(=O)[C@H](Cc1ccccc1)NC(=O)[C@H](CCCN=C(N)N)NC(=O)[C@H](N)CCCCN)C(C)C)C(C)C)C(=O)N[C@@H](Cc1c[nH]c2ccccc12)C(=O)N[C@@H](C)C(=O)N[C@H](CCCCN)C(=O)O. The molecule has 94 heavy (non-hydrogen) atoms. The topological polar surface area (TPSA) is 478 Å². The highest BCUT2D eigenvalue weighted by Gasteiger charge is 2.37. The summed E-state index contributed by atoms with van der Waals surface area (Å²) in [5.74, 6) is -9.29. The molecule has 516 valence electrons. The van der Waals surface area contributed by atoms with Crippen LogP contribution in [0.25, 0.3) is 10.9 Å². The molecule has 0 spiro atoms. The molecule has 0 bridgehead atoms. The minimum absolute atomic E-state index is 0.0379. The van der Waals surface area contributed by atoms with Gasteiger partial charge in [0.15, 0.2) is 5.96 Å². The maximum atomic E-state index is 14.8. The number of unbranched alkanes of at least 4 members (excludes halogenated alkanes) is 2. The number of aromatic amines is 1. The molecule has 0 saturated heterocycles. The number of aromatic hydroxyl groups is 1. The molecule has 4 aromatic rings. The molecule has 29 heteroatoms. The predicted molar refractivity (Wildman–Crippen MR) is 361 cm³/mol. The van der Waals surface area contributed by atoms with Gasteiger partial charge < -0.3 is 91.7 Å². The summed E-state index contributed by atoms with van der Waals surface area (Å²) in [7, 11) is 0. The number of guanidine groups is 1. The zero-order valence-corrected chi connectivity index (χ0v) is 55.4. The van der Waals surface area contributed by atoms with E-state index in [9.17, 15) is 58.2 Å². The largest absolute Gasteiger partial charge is 0.508 e. The molecule has 1 aromatic heterocycles. The number of nitrogens with zero attached hydrogens (tertiary/aromatic N) is 1. The van der Waals surface area contributed by atoms with Crippen LogP contribution in [0.1, 0.15) is 109 Å². The summed E-state index contributed by atoms with van der Waals surface area (Å²) in [5, 5.41) is 45.2. The normalized spacial score (nSPS) is 14.5. The fourth-order valence-corrected chi connectivity index (χ4v) is 10.6. The zero-order chi connectivity index (χ0) is 69.4. The Labute approximate surface area is 553 Å². The summed E-state index contributed by atoms with van der Waals surface area (Å²) in [5.41, 5.74) is 31.0. The van der Waals surface area contributed by atoms with Crippen molar-refractivity contribution in [2.24, 2.45) is 45.5 Å². The lowest BCUT2D eigenvalue weighted by molar-refractivity contribution is -0.142. The second-order valence-corrected chi connectivity index (χ2v) is 24.9. The van der Waals surface area contributed by atoms with Gasteiger partial charge in [0.2, 0.25) is 53.2 Å². The van der Waals surface area contributed by atoms with Crippen LogP contribution in [0.5, 0.6) is 5.75 Å². The van der Waals surface area contributed by atoms with E-state index >= 15 is 0 Å². The zero-order valence-electron chi connectivity index (χ0n) is 54.5. The van der Waals surface area contributed by atoms with E-state index in [1.165, 1.54) is 30.8 Å². The predicted octanol–water partition coefficient (Wildman–Crippen LogP) is 0.0731. The number of H-pyrrole nitrogens is 1. The third-order valence-electron chi connectivity index (χ3n) is 15.6. The Morgan fingerprint density at radius 1 is 0.500 bits per heavy atom. The molecule has 3 aromatic carbocycles. The van der Waals surface area contributed by atoms with Gasteiger partial charge in [0, 0.05) is 42.9 Å². The smallest absolute Gasteiger partial charge is 0.326 e. The molecular weight excluding hydrogens is 1230 g/mol. The molecule has 0 aliphatic carbocycles. The van der Waals surface area contributed by atoms with Crippen molar-refractivity contribution in [1.82, 2.24) is 52.8 Å². The lowest BCUT2D eigenvalue weighted by Gasteiger charge is -2.30. The quantitative estimate of drug-likeness (QED) is 0.0159. The number of carboxylic acids is 1. The van der Waals surface area contributed by atoms with Gasteiger partial charge in [0.1, 0.15) is 60.1 Å². The van der Waals surface area contributed by atoms with Gasteiger partial charge in [-0.1, -0.05) is 94.8 Å². The first-order valence-electron chi connectivity index (χ1n) is 31.8. The Kier molecular flexibility index (Phi) is 33.3. The number of aliphatic imine (C=N–C) groups is 1. The number of fused-ring (bicyclic) bond motifs is 1. The number of thioether (sulfide) groups is 1. The Bertz CT molecular complexity index is 3150. The molecule has 22 N–H and O–H groups in total. The van der Waals surface area contributed by atoms with Crippen LogP contribution in [0.3, 0.4) is 0 Å². The van der Waals surface area contributed by atoms with Crippen molar-refractivity contribution in [1.29, 1.82) is 0 Å². The van der Waals surface area contributed by atoms with Crippen molar-refractivity contribution in [3.05, 3.63) is 102 Å². The van der Waals surface area contributed by atoms with E-state index in [0.29, 0.717) is 67.6 Å². The number of carboxylic acid groups (broad SMARTS) is 1. The fraction of sp³-hybridized carbons (Fsp3) is 0.523. The van der Waals surface area contributed by atoms with Gasteiger partial charge in [-0.2, -0.15) is 11.8 Å². The number of carbonyl (C=O) groups is 10. The number of nitrogens with one attached hydrogen (secondary N) is 10. The number of amides is 9. The number of para-hydroxylation sites is 1. The van der Waals surface area contributed by atoms with Gasteiger partial charge in [-0.25, -0.2) is 4.79 Å². The van der Waals surface area contributed by atoms with Crippen LogP contribution >= 0.6 is 11.8 Å². The minimum atomic E-state index is -1.44. The Balaban J connectivity index is 1.61. The van der Waals surface area contributed by atoms with Crippen LogP contribution < -0.4 is 76.5 Å².